The van der Waals surface area contributed by atoms with Gasteiger partial charge in [0.2, 0.25) is 0 Å². The first-order chi connectivity index (χ1) is 16.0. The van der Waals surface area contributed by atoms with E-state index in [1.807, 2.05) is 0 Å². The molecule has 2 heterocycles. The fourth-order valence-corrected chi connectivity index (χ4v) is 5.19. The highest BCUT2D eigenvalue weighted by molar-refractivity contribution is 5.57. The number of fused-ring (bicyclic) bond motifs is 1. The van der Waals surface area contributed by atoms with Gasteiger partial charge in [-0.1, -0.05) is 26.0 Å². The summed E-state index contributed by atoms with van der Waals surface area (Å²) in [7, 11) is 1.60. The van der Waals surface area contributed by atoms with Crippen LogP contribution >= 0.6 is 0 Å². The number of methoxy groups -OCH3 is 1. The summed E-state index contributed by atoms with van der Waals surface area (Å²) < 4.78 is 68.9. The van der Waals surface area contributed by atoms with Gasteiger partial charge in [-0.25, -0.2) is 4.39 Å². The Labute approximate surface area is 195 Å². The highest BCUT2D eigenvalue weighted by Gasteiger charge is 2.50. The van der Waals surface area contributed by atoms with E-state index in [0.29, 0.717) is 31.5 Å². The van der Waals surface area contributed by atoms with Crippen LogP contribution in [0.25, 0.3) is 5.65 Å². The molecule has 2 aromatic heterocycles. The number of pyridine rings is 1. The van der Waals surface area contributed by atoms with Crippen molar-refractivity contribution in [1.29, 1.82) is 0 Å². The van der Waals surface area contributed by atoms with Gasteiger partial charge in [0.05, 0.1) is 11.7 Å². The third-order valence-corrected chi connectivity index (χ3v) is 7.47. The van der Waals surface area contributed by atoms with Gasteiger partial charge in [-0.2, -0.15) is 13.2 Å². The number of rotatable bonds is 5. The van der Waals surface area contributed by atoms with Gasteiger partial charge in [0, 0.05) is 19.2 Å². The SMILES string of the molecule is CO[C@]1(c2ccc(F)cc2)CC[C@@H](Oc2ccn3c(C4CC4(C)C)nnc3c2C(F)(F)F)CC1. The van der Waals surface area contributed by atoms with Crippen LogP contribution in [-0.2, 0) is 16.5 Å². The summed E-state index contributed by atoms with van der Waals surface area (Å²) in [5.41, 5.74) is -0.864. The minimum absolute atomic E-state index is 0.0109. The molecule has 0 aliphatic heterocycles. The number of aromatic nitrogens is 3. The van der Waals surface area contributed by atoms with Crippen LogP contribution in [0.1, 0.15) is 68.8 Å². The topological polar surface area (TPSA) is 48.7 Å². The first-order valence-corrected chi connectivity index (χ1v) is 11.5. The third-order valence-electron chi connectivity index (χ3n) is 7.47. The standard InChI is InChI=1S/C25H27F4N3O2/c1-23(2)14-18(23)21-30-31-22-20(25(27,28)29)19(10-13-32(21)22)34-17-8-11-24(33-3,12-9-17)15-4-6-16(26)7-5-15/h4-7,10,13,17-18H,8-9,11-12,14H2,1-3H3/t17-,18?,24-. The lowest BCUT2D eigenvalue weighted by molar-refractivity contribution is -0.138. The molecule has 1 atom stereocenters. The number of hydrogen-bond donors (Lipinski definition) is 0. The molecule has 2 fully saturated rings. The quantitative estimate of drug-likeness (QED) is 0.407. The molecule has 9 heteroatoms. The Morgan fingerprint density at radius 1 is 1.03 bits per heavy atom. The molecule has 0 radical (unpaired) electrons. The van der Waals surface area contributed by atoms with E-state index in [2.05, 4.69) is 24.0 Å². The van der Waals surface area contributed by atoms with Crippen molar-refractivity contribution in [3.63, 3.8) is 0 Å². The van der Waals surface area contributed by atoms with Crippen molar-refractivity contribution in [2.75, 3.05) is 7.11 Å². The number of nitrogens with zero attached hydrogens (tertiary/aromatic N) is 3. The predicted octanol–water partition coefficient (Wildman–Crippen LogP) is 6.26. The largest absolute Gasteiger partial charge is 0.490 e. The van der Waals surface area contributed by atoms with Crippen LogP contribution in [0.2, 0.25) is 0 Å². The van der Waals surface area contributed by atoms with E-state index in [0.717, 1.165) is 12.0 Å². The third kappa shape index (κ3) is 3.93. The number of benzene rings is 1. The highest BCUT2D eigenvalue weighted by Crippen LogP contribution is 2.58. The Hall–Kier alpha value is -2.68. The van der Waals surface area contributed by atoms with Crippen LogP contribution in [0.4, 0.5) is 17.6 Å². The van der Waals surface area contributed by atoms with E-state index < -0.39 is 23.4 Å². The maximum Gasteiger partial charge on any atom is 0.423 e. The van der Waals surface area contributed by atoms with E-state index >= 15 is 0 Å². The van der Waals surface area contributed by atoms with Crippen LogP contribution in [0.3, 0.4) is 0 Å². The summed E-state index contributed by atoms with van der Waals surface area (Å²) >= 11 is 0. The second-order valence-corrected chi connectivity index (χ2v) is 10.1. The molecular weight excluding hydrogens is 450 g/mol. The van der Waals surface area contributed by atoms with Gasteiger partial charge in [0.1, 0.15) is 23.0 Å². The molecule has 3 aromatic rings. The zero-order valence-corrected chi connectivity index (χ0v) is 19.3. The first-order valence-electron chi connectivity index (χ1n) is 11.5. The number of hydrogen-bond acceptors (Lipinski definition) is 4. The van der Waals surface area contributed by atoms with E-state index in [1.165, 1.54) is 22.6 Å². The number of halogens is 4. The van der Waals surface area contributed by atoms with Crippen LogP contribution in [0.15, 0.2) is 36.5 Å². The van der Waals surface area contributed by atoms with Crippen molar-refractivity contribution in [2.45, 2.75) is 69.8 Å². The minimum Gasteiger partial charge on any atom is -0.490 e. The van der Waals surface area contributed by atoms with Crippen LogP contribution in [0, 0.1) is 11.2 Å². The van der Waals surface area contributed by atoms with Crippen molar-refractivity contribution in [3.05, 3.63) is 59.3 Å². The van der Waals surface area contributed by atoms with Crippen molar-refractivity contribution < 1.29 is 27.0 Å². The summed E-state index contributed by atoms with van der Waals surface area (Å²) in [6.45, 7) is 4.13. The zero-order chi connectivity index (χ0) is 24.3. The molecule has 1 unspecified atom stereocenters. The van der Waals surface area contributed by atoms with Gasteiger partial charge in [0.25, 0.3) is 0 Å². The summed E-state index contributed by atoms with van der Waals surface area (Å²) in [6.07, 6.45) is -0.499. The summed E-state index contributed by atoms with van der Waals surface area (Å²) in [6, 6.07) is 7.54. The Bertz CT molecular complexity index is 1200. The lowest BCUT2D eigenvalue weighted by Gasteiger charge is -2.39. The summed E-state index contributed by atoms with van der Waals surface area (Å²) in [4.78, 5) is 0. The van der Waals surface area contributed by atoms with E-state index in [-0.39, 0.29) is 28.5 Å². The van der Waals surface area contributed by atoms with E-state index in [1.54, 1.807) is 25.4 Å². The average Bonchev–Trinajstić information content (AvgIpc) is 3.22. The normalized spacial score (nSPS) is 26.6. The smallest absolute Gasteiger partial charge is 0.423 e. The molecule has 0 saturated heterocycles. The Balaban J connectivity index is 1.39. The first kappa shape index (κ1) is 23.1. The Morgan fingerprint density at radius 2 is 1.68 bits per heavy atom. The molecular formula is C25H27F4N3O2. The van der Waals surface area contributed by atoms with Gasteiger partial charge in [-0.3, -0.25) is 4.40 Å². The highest BCUT2D eigenvalue weighted by atomic mass is 19.4. The van der Waals surface area contributed by atoms with Crippen LogP contribution in [-0.4, -0.2) is 27.8 Å². The lowest BCUT2D eigenvalue weighted by Crippen LogP contribution is -2.37. The Morgan fingerprint density at radius 3 is 2.24 bits per heavy atom. The molecule has 5 rings (SSSR count). The number of ether oxygens (including phenoxy) is 2. The molecule has 2 saturated carbocycles. The maximum atomic E-state index is 14.1. The van der Waals surface area contributed by atoms with Crippen molar-refractivity contribution in [3.8, 4) is 5.75 Å². The molecule has 2 aliphatic carbocycles. The second-order valence-electron chi connectivity index (χ2n) is 10.1. The molecule has 0 amide bonds. The van der Waals surface area contributed by atoms with Gasteiger partial charge >= 0.3 is 6.18 Å². The molecule has 1 aromatic carbocycles. The van der Waals surface area contributed by atoms with Gasteiger partial charge in [0.15, 0.2) is 5.65 Å². The van der Waals surface area contributed by atoms with E-state index in [4.69, 9.17) is 9.47 Å². The van der Waals surface area contributed by atoms with Gasteiger partial charge in [-0.15, -0.1) is 10.2 Å². The monoisotopic (exact) mass is 477 g/mol. The molecule has 34 heavy (non-hydrogen) atoms. The average molecular weight is 478 g/mol. The molecule has 182 valence electrons. The van der Waals surface area contributed by atoms with Crippen LogP contribution in [0.5, 0.6) is 5.75 Å². The van der Waals surface area contributed by atoms with Crippen molar-refractivity contribution in [1.82, 2.24) is 14.6 Å². The van der Waals surface area contributed by atoms with Gasteiger partial charge < -0.3 is 9.47 Å². The van der Waals surface area contributed by atoms with Crippen LogP contribution < -0.4 is 4.74 Å². The fraction of sp³-hybridized carbons (Fsp3) is 0.520. The minimum atomic E-state index is -4.64. The number of alkyl halides is 3. The lowest BCUT2D eigenvalue weighted by atomic mass is 9.78. The Kier molecular flexibility index (Phi) is 5.39. The van der Waals surface area contributed by atoms with Crippen molar-refractivity contribution >= 4 is 5.65 Å². The van der Waals surface area contributed by atoms with Crippen molar-refractivity contribution in [2.24, 2.45) is 5.41 Å². The second kappa shape index (κ2) is 7.93. The molecule has 0 spiro atoms. The molecule has 2 aliphatic rings. The zero-order valence-electron chi connectivity index (χ0n) is 19.3. The molecule has 0 N–H and O–H groups in total. The van der Waals surface area contributed by atoms with Gasteiger partial charge in [-0.05, 0) is 61.3 Å². The summed E-state index contributed by atoms with van der Waals surface area (Å²) in [5.74, 6) is 0.0795. The molecule has 5 nitrogen and oxygen atoms in total. The predicted molar refractivity (Wildman–Crippen MR) is 117 cm³/mol. The fourth-order valence-electron chi connectivity index (χ4n) is 5.19. The van der Waals surface area contributed by atoms with E-state index in [9.17, 15) is 17.6 Å². The summed E-state index contributed by atoms with van der Waals surface area (Å²) in [5, 5.41) is 8.01. The molecule has 0 bridgehead atoms. The maximum absolute atomic E-state index is 14.1.